The summed E-state index contributed by atoms with van der Waals surface area (Å²) in [5, 5.41) is 4.85. The standard InChI is InChI=1S/C25H28ClN5O2/c26-21-6-8-22(9-7-21)30-14-16-31(17-15-30)25(32)20-10-12-29(13-11-20)18-23-27-24(28-33-23)19-4-2-1-3-5-19/h1-9,20H,10-18H2. The smallest absolute Gasteiger partial charge is 0.241 e. The highest BCUT2D eigenvalue weighted by atomic mass is 35.5. The quantitative estimate of drug-likeness (QED) is 0.568. The van der Waals surface area contributed by atoms with E-state index in [1.807, 2.05) is 59.5 Å². The van der Waals surface area contributed by atoms with Crippen LogP contribution in [0.1, 0.15) is 18.7 Å². The average Bonchev–Trinajstić information content (AvgIpc) is 3.34. The molecular formula is C25H28ClN5O2. The molecule has 33 heavy (non-hydrogen) atoms. The fourth-order valence-corrected chi connectivity index (χ4v) is 4.77. The molecule has 0 bridgehead atoms. The largest absolute Gasteiger partial charge is 0.368 e. The van der Waals surface area contributed by atoms with Gasteiger partial charge >= 0.3 is 0 Å². The first kappa shape index (κ1) is 21.9. The number of halogens is 1. The van der Waals surface area contributed by atoms with E-state index in [4.69, 9.17) is 16.1 Å². The van der Waals surface area contributed by atoms with Crippen LogP contribution in [0.3, 0.4) is 0 Å². The Balaban J connectivity index is 1.09. The van der Waals surface area contributed by atoms with Crippen LogP contribution in [0.15, 0.2) is 59.1 Å². The van der Waals surface area contributed by atoms with Crippen molar-refractivity contribution in [2.45, 2.75) is 19.4 Å². The third kappa shape index (κ3) is 5.20. The molecule has 8 heteroatoms. The topological polar surface area (TPSA) is 65.7 Å². The average molecular weight is 466 g/mol. The summed E-state index contributed by atoms with van der Waals surface area (Å²) < 4.78 is 5.45. The summed E-state index contributed by atoms with van der Waals surface area (Å²) >= 11 is 6.00. The Morgan fingerprint density at radius 3 is 2.33 bits per heavy atom. The Morgan fingerprint density at radius 2 is 1.64 bits per heavy atom. The first-order chi connectivity index (χ1) is 16.2. The van der Waals surface area contributed by atoms with E-state index < -0.39 is 0 Å². The molecule has 1 aromatic heterocycles. The molecule has 5 rings (SSSR count). The SMILES string of the molecule is O=C(C1CCN(Cc2nc(-c3ccccc3)no2)CC1)N1CCN(c2ccc(Cl)cc2)CC1. The monoisotopic (exact) mass is 465 g/mol. The number of carbonyl (C=O) groups is 1. The molecule has 3 aromatic rings. The second-order valence-corrected chi connectivity index (χ2v) is 9.15. The van der Waals surface area contributed by atoms with Gasteiger partial charge < -0.3 is 14.3 Å². The van der Waals surface area contributed by atoms with E-state index >= 15 is 0 Å². The van der Waals surface area contributed by atoms with Crippen molar-refractivity contribution in [3.8, 4) is 11.4 Å². The molecule has 2 saturated heterocycles. The van der Waals surface area contributed by atoms with Crippen molar-refractivity contribution in [3.05, 3.63) is 65.5 Å². The van der Waals surface area contributed by atoms with Crippen molar-refractivity contribution in [2.24, 2.45) is 5.92 Å². The third-order valence-electron chi connectivity index (χ3n) is 6.58. The number of hydrogen-bond donors (Lipinski definition) is 0. The lowest BCUT2D eigenvalue weighted by molar-refractivity contribution is -0.137. The van der Waals surface area contributed by atoms with Crippen LogP contribution in [0, 0.1) is 5.92 Å². The summed E-state index contributed by atoms with van der Waals surface area (Å²) in [5.74, 6) is 1.64. The van der Waals surface area contributed by atoms with Crippen LogP contribution >= 0.6 is 11.6 Å². The van der Waals surface area contributed by atoms with Crippen molar-refractivity contribution < 1.29 is 9.32 Å². The lowest BCUT2D eigenvalue weighted by Gasteiger charge is -2.39. The first-order valence-electron chi connectivity index (χ1n) is 11.6. The van der Waals surface area contributed by atoms with E-state index in [-0.39, 0.29) is 5.92 Å². The Kier molecular flexibility index (Phi) is 6.60. The second kappa shape index (κ2) is 9.93. The van der Waals surface area contributed by atoms with Crippen LogP contribution in [0.4, 0.5) is 5.69 Å². The van der Waals surface area contributed by atoms with Crippen LogP contribution < -0.4 is 4.90 Å². The molecular weight excluding hydrogens is 438 g/mol. The fourth-order valence-electron chi connectivity index (χ4n) is 4.65. The number of likely N-dealkylation sites (tertiary alicyclic amines) is 1. The number of rotatable bonds is 5. The summed E-state index contributed by atoms with van der Waals surface area (Å²) in [6, 6.07) is 17.8. The van der Waals surface area contributed by atoms with Gasteiger partial charge in [-0.2, -0.15) is 4.98 Å². The maximum atomic E-state index is 13.1. The number of amides is 1. The van der Waals surface area contributed by atoms with Gasteiger partial charge in [-0.15, -0.1) is 0 Å². The van der Waals surface area contributed by atoms with Crippen molar-refractivity contribution in [2.75, 3.05) is 44.2 Å². The normalized spacial score (nSPS) is 18.0. The van der Waals surface area contributed by atoms with Gasteiger partial charge in [0.15, 0.2) is 0 Å². The van der Waals surface area contributed by atoms with Gasteiger partial charge in [0.25, 0.3) is 0 Å². The van der Waals surface area contributed by atoms with Crippen molar-refractivity contribution in [1.82, 2.24) is 19.9 Å². The highest BCUT2D eigenvalue weighted by molar-refractivity contribution is 6.30. The minimum atomic E-state index is 0.103. The van der Waals surface area contributed by atoms with Crippen LogP contribution in [0.25, 0.3) is 11.4 Å². The molecule has 1 amide bonds. The van der Waals surface area contributed by atoms with Crippen molar-refractivity contribution >= 4 is 23.2 Å². The van der Waals surface area contributed by atoms with E-state index in [0.29, 0.717) is 24.2 Å². The van der Waals surface area contributed by atoms with Gasteiger partial charge in [-0.25, -0.2) is 0 Å². The number of aromatic nitrogens is 2. The van der Waals surface area contributed by atoms with Gasteiger partial charge in [-0.1, -0.05) is 47.1 Å². The molecule has 2 aliphatic rings. The fraction of sp³-hybridized carbons (Fsp3) is 0.400. The summed E-state index contributed by atoms with van der Waals surface area (Å²) in [6.45, 7) is 5.60. The number of nitrogens with zero attached hydrogens (tertiary/aromatic N) is 5. The molecule has 2 fully saturated rings. The lowest BCUT2D eigenvalue weighted by atomic mass is 9.95. The van der Waals surface area contributed by atoms with E-state index in [1.165, 1.54) is 0 Å². The highest BCUT2D eigenvalue weighted by Gasteiger charge is 2.31. The zero-order valence-corrected chi connectivity index (χ0v) is 19.3. The summed E-state index contributed by atoms with van der Waals surface area (Å²) in [5.41, 5.74) is 2.12. The molecule has 0 spiro atoms. The van der Waals surface area contributed by atoms with E-state index in [0.717, 1.165) is 68.4 Å². The minimum Gasteiger partial charge on any atom is -0.368 e. The number of benzene rings is 2. The predicted molar refractivity (Wildman–Crippen MR) is 128 cm³/mol. The van der Waals surface area contributed by atoms with Gasteiger partial charge in [0.2, 0.25) is 17.6 Å². The molecule has 7 nitrogen and oxygen atoms in total. The Labute approximate surface area is 198 Å². The van der Waals surface area contributed by atoms with Crippen LogP contribution in [0.5, 0.6) is 0 Å². The van der Waals surface area contributed by atoms with Crippen LogP contribution in [0.2, 0.25) is 5.02 Å². The van der Waals surface area contributed by atoms with E-state index in [2.05, 4.69) is 19.9 Å². The molecule has 0 radical (unpaired) electrons. The molecule has 0 aliphatic carbocycles. The van der Waals surface area contributed by atoms with Gasteiger partial charge in [-0.3, -0.25) is 9.69 Å². The number of carbonyl (C=O) groups excluding carboxylic acids is 1. The van der Waals surface area contributed by atoms with E-state index in [1.54, 1.807) is 0 Å². The summed E-state index contributed by atoms with van der Waals surface area (Å²) in [7, 11) is 0. The van der Waals surface area contributed by atoms with Gasteiger partial charge in [0, 0.05) is 48.4 Å². The first-order valence-corrected chi connectivity index (χ1v) is 11.9. The molecule has 3 heterocycles. The van der Waals surface area contributed by atoms with Crippen molar-refractivity contribution in [3.63, 3.8) is 0 Å². The third-order valence-corrected chi connectivity index (χ3v) is 6.83. The van der Waals surface area contributed by atoms with Crippen LogP contribution in [-0.2, 0) is 11.3 Å². The zero-order chi connectivity index (χ0) is 22.6. The molecule has 172 valence electrons. The minimum absolute atomic E-state index is 0.103. The molecule has 0 saturated carbocycles. The summed E-state index contributed by atoms with van der Waals surface area (Å²) in [6.07, 6.45) is 1.74. The molecule has 2 aliphatic heterocycles. The maximum absolute atomic E-state index is 13.1. The van der Waals surface area contributed by atoms with E-state index in [9.17, 15) is 4.79 Å². The number of anilines is 1. The Hall–Kier alpha value is -2.90. The zero-order valence-electron chi connectivity index (χ0n) is 18.6. The van der Waals surface area contributed by atoms with Crippen molar-refractivity contribution in [1.29, 1.82) is 0 Å². The molecule has 0 N–H and O–H groups in total. The predicted octanol–water partition coefficient (Wildman–Crippen LogP) is 3.95. The number of piperazine rings is 1. The van der Waals surface area contributed by atoms with Gasteiger partial charge in [-0.05, 0) is 50.2 Å². The van der Waals surface area contributed by atoms with Gasteiger partial charge in [0.1, 0.15) is 0 Å². The lowest BCUT2D eigenvalue weighted by Crippen LogP contribution is -2.51. The van der Waals surface area contributed by atoms with Crippen LogP contribution in [-0.4, -0.2) is 65.1 Å². The molecule has 0 atom stereocenters. The molecule has 0 unspecified atom stereocenters. The highest BCUT2D eigenvalue weighted by Crippen LogP contribution is 2.24. The van der Waals surface area contributed by atoms with Gasteiger partial charge in [0.05, 0.1) is 6.54 Å². The second-order valence-electron chi connectivity index (χ2n) is 8.72. The maximum Gasteiger partial charge on any atom is 0.241 e. The Morgan fingerprint density at radius 1 is 0.939 bits per heavy atom. The molecule has 2 aromatic carbocycles. The number of piperidine rings is 1. The number of hydrogen-bond acceptors (Lipinski definition) is 6. The Bertz CT molecular complexity index is 1060. The summed E-state index contributed by atoms with van der Waals surface area (Å²) in [4.78, 5) is 24.3.